The number of hydrogen-bond donors (Lipinski definition) is 0. The predicted octanol–water partition coefficient (Wildman–Crippen LogP) is 5.81. The Morgan fingerprint density at radius 1 is 0.767 bits per heavy atom. The van der Waals surface area contributed by atoms with Crippen molar-refractivity contribution in [3.8, 4) is 0 Å². The molecule has 4 saturated heterocycles. The SMILES string of the molecule is C=C1C(=O)O[C@H]2[C@H]1CC/C(C=NCCCCC/N=C/C1=C/CC[C@@]3(C)O[C@H]3[C@H]3OC(=O)C(=C)[C@@H]3CC1)=C\CC[C@@]1(C)O[C@@H]21. The molecule has 0 radical (unpaired) electrons. The van der Waals surface area contributed by atoms with Crippen LogP contribution in [0.1, 0.15) is 84.5 Å². The maximum atomic E-state index is 12.2. The van der Waals surface area contributed by atoms with Gasteiger partial charge in [-0.1, -0.05) is 25.3 Å². The normalized spacial score (nSPS) is 41.7. The second-order valence-electron chi connectivity index (χ2n) is 13.5. The Kier molecular flexibility index (Phi) is 8.62. The van der Waals surface area contributed by atoms with Gasteiger partial charge in [-0.3, -0.25) is 9.98 Å². The third-order valence-corrected chi connectivity index (χ3v) is 10.3. The van der Waals surface area contributed by atoms with Gasteiger partial charge in [0.05, 0.1) is 11.2 Å². The Labute approximate surface area is 255 Å². The third-order valence-electron chi connectivity index (χ3n) is 10.3. The number of hydrogen-bond acceptors (Lipinski definition) is 8. The van der Waals surface area contributed by atoms with Crippen LogP contribution < -0.4 is 0 Å². The van der Waals surface area contributed by atoms with Crippen molar-refractivity contribution >= 4 is 24.4 Å². The lowest BCUT2D eigenvalue weighted by Crippen LogP contribution is -2.28. The summed E-state index contributed by atoms with van der Waals surface area (Å²) in [5.41, 5.74) is 3.18. The van der Waals surface area contributed by atoms with Gasteiger partial charge in [-0.05, 0) is 95.6 Å². The van der Waals surface area contributed by atoms with Crippen LogP contribution in [0.15, 0.2) is 57.6 Å². The second kappa shape index (κ2) is 12.3. The van der Waals surface area contributed by atoms with E-state index in [0.29, 0.717) is 11.1 Å². The molecule has 4 aliphatic heterocycles. The summed E-state index contributed by atoms with van der Waals surface area (Å²) in [6, 6.07) is 0. The van der Waals surface area contributed by atoms with E-state index < -0.39 is 0 Å². The molecule has 0 aromatic rings. The zero-order chi connectivity index (χ0) is 30.2. The van der Waals surface area contributed by atoms with Gasteiger partial charge in [-0.25, -0.2) is 9.59 Å². The Morgan fingerprint density at radius 2 is 1.21 bits per heavy atom. The molecular formula is C35H46N2O6. The third kappa shape index (κ3) is 6.51. The van der Waals surface area contributed by atoms with Crippen molar-refractivity contribution < 1.29 is 28.5 Å². The number of allylic oxidation sites excluding steroid dienone is 4. The highest BCUT2D eigenvalue weighted by Crippen LogP contribution is 2.51. The predicted molar refractivity (Wildman–Crippen MR) is 165 cm³/mol. The Hall–Kier alpha value is -2.84. The number of esters is 2. The first-order valence-corrected chi connectivity index (χ1v) is 16.2. The largest absolute Gasteiger partial charge is 0.455 e. The van der Waals surface area contributed by atoms with Crippen LogP contribution in [0.25, 0.3) is 0 Å². The first-order chi connectivity index (χ1) is 20.7. The molecule has 2 aliphatic carbocycles. The van der Waals surface area contributed by atoms with E-state index in [9.17, 15) is 9.59 Å². The van der Waals surface area contributed by atoms with Gasteiger partial charge in [-0.15, -0.1) is 0 Å². The lowest BCUT2D eigenvalue weighted by molar-refractivity contribution is -0.140. The molecule has 0 aromatic carbocycles. The van der Waals surface area contributed by atoms with E-state index in [2.05, 4.69) is 39.2 Å². The monoisotopic (exact) mass is 590 g/mol. The van der Waals surface area contributed by atoms with Gasteiger partial charge in [-0.2, -0.15) is 0 Å². The fourth-order valence-corrected chi connectivity index (χ4v) is 7.35. The number of nitrogens with zero attached hydrogens (tertiary/aromatic N) is 2. The molecule has 0 saturated carbocycles. The quantitative estimate of drug-likeness (QED) is 0.116. The summed E-state index contributed by atoms with van der Waals surface area (Å²) >= 11 is 0. The van der Waals surface area contributed by atoms with Gasteiger partial charge in [0.1, 0.15) is 24.4 Å². The molecular weight excluding hydrogens is 544 g/mol. The number of rotatable bonds is 8. The highest BCUT2D eigenvalue weighted by Gasteiger charge is 2.62. The molecule has 6 rings (SSSR count). The molecule has 8 nitrogen and oxygen atoms in total. The van der Waals surface area contributed by atoms with Gasteiger partial charge in [0.15, 0.2) is 0 Å². The summed E-state index contributed by atoms with van der Waals surface area (Å²) < 4.78 is 23.3. The lowest BCUT2D eigenvalue weighted by Gasteiger charge is -2.19. The van der Waals surface area contributed by atoms with Crippen molar-refractivity contribution in [2.45, 2.75) is 120 Å². The number of unbranched alkanes of at least 4 members (excludes halogenated alkanes) is 2. The molecule has 0 N–H and O–H groups in total. The number of epoxide rings is 2. The van der Waals surface area contributed by atoms with Gasteiger partial charge in [0.2, 0.25) is 0 Å². The van der Waals surface area contributed by atoms with Crippen molar-refractivity contribution in [3.63, 3.8) is 0 Å². The smallest absolute Gasteiger partial charge is 0.334 e. The van der Waals surface area contributed by atoms with Crippen LogP contribution in [0.2, 0.25) is 0 Å². The van der Waals surface area contributed by atoms with E-state index in [4.69, 9.17) is 28.9 Å². The maximum absolute atomic E-state index is 12.2. The number of aliphatic imine (C=N–C) groups is 2. The van der Waals surface area contributed by atoms with E-state index >= 15 is 0 Å². The molecule has 232 valence electrons. The molecule has 0 spiro atoms. The molecule has 8 heteroatoms. The van der Waals surface area contributed by atoms with Crippen molar-refractivity contribution in [2.75, 3.05) is 13.1 Å². The van der Waals surface area contributed by atoms with Crippen LogP contribution in [0.3, 0.4) is 0 Å². The standard InChI is InChI=1S/C35H46N2O6/c1-22-26-14-12-24(10-8-16-34(3)30(42-34)28(26)40-32(22)38)20-36-18-6-5-7-19-37-21-25-11-9-17-35(4)31(43-35)29-27(15-13-25)23(2)33(39)41-29/h10-11,20-21,26-31H,1-2,5-9,12-19H2,3-4H3/b24-10+,25-11+,36-20+,37-21?/t26-,27-,28-,29-,30-,31-,34+,35+/m0/s1. The zero-order valence-corrected chi connectivity index (χ0v) is 25.7. The fraction of sp³-hybridized carbons (Fsp3) is 0.657. The summed E-state index contributed by atoms with van der Waals surface area (Å²) in [4.78, 5) is 33.8. The first-order valence-electron chi connectivity index (χ1n) is 16.2. The minimum atomic E-state index is -0.273. The Balaban J connectivity index is 0.924. The van der Waals surface area contributed by atoms with Gasteiger partial charge in [0.25, 0.3) is 0 Å². The molecule has 8 atom stereocenters. The minimum Gasteiger partial charge on any atom is -0.455 e. The molecule has 4 fully saturated rings. The maximum Gasteiger partial charge on any atom is 0.334 e. The Bertz CT molecular complexity index is 1180. The van der Waals surface area contributed by atoms with E-state index in [-0.39, 0.29) is 59.4 Å². The zero-order valence-electron chi connectivity index (χ0n) is 25.7. The first kappa shape index (κ1) is 30.2. The summed E-state index contributed by atoms with van der Waals surface area (Å²) in [7, 11) is 0. The van der Waals surface area contributed by atoms with Crippen LogP contribution in [-0.2, 0) is 28.5 Å². The van der Waals surface area contributed by atoms with Crippen LogP contribution in [0.4, 0.5) is 0 Å². The topological polar surface area (TPSA) is 102 Å². The number of carbonyl (C=O) groups excluding carboxylic acids is 2. The van der Waals surface area contributed by atoms with Gasteiger partial charge < -0.3 is 18.9 Å². The molecule has 0 amide bonds. The molecule has 0 bridgehead atoms. The van der Waals surface area contributed by atoms with E-state index in [1.54, 1.807) is 0 Å². The van der Waals surface area contributed by atoms with Crippen LogP contribution in [0, 0.1) is 11.8 Å². The minimum absolute atomic E-state index is 0.0115. The number of fused-ring (bicyclic) bond motifs is 6. The van der Waals surface area contributed by atoms with Crippen LogP contribution >= 0.6 is 0 Å². The average molecular weight is 591 g/mol. The second-order valence-corrected chi connectivity index (χ2v) is 13.5. The van der Waals surface area contributed by atoms with Gasteiger partial charge in [0, 0.05) is 48.5 Å². The molecule has 0 unspecified atom stereocenters. The van der Waals surface area contributed by atoms with Crippen molar-refractivity contribution in [1.82, 2.24) is 0 Å². The summed E-state index contributed by atoms with van der Waals surface area (Å²) in [5.74, 6) is -0.515. The molecule has 4 heterocycles. The molecule has 6 aliphatic rings. The Morgan fingerprint density at radius 3 is 1.65 bits per heavy atom. The average Bonchev–Trinajstić information content (AvgIpc) is 3.79. The van der Waals surface area contributed by atoms with Crippen molar-refractivity contribution in [3.05, 3.63) is 47.6 Å². The highest BCUT2D eigenvalue weighted by atomic mass is 16.7. The molecule has 0 aromatic heterocycles. The lowest BCUT2D eigenvalue weighted by atomic mass is 9.84. The van der Waals surface area contributed by atoms with Crippen molar-refractivity contribution in [1.29, 1.82) is 0 Å². The van der Waals surface area contributed by atoms with Crippen molar-refractivity contribution in [2.24, 2.45) is 21.8 Å². The van der Waals surface area contributed by atoms with E-state index in [1.165, 1.54) is 11.1 Å². The summed E-state index contributed by atoms with van der Waals surface area (Å²) in [6.45, 7) is 13.8. The summed E-state index contributed by atoms with van der Waals surface area (Å²) in [5, 5.41) is 0. The van der Waals surface area contributed by atoms with E-state index in [0.717, 1.165) is 83.7 Å². The number of ether oxygens (including phenoxy) is 4. The number of carbonyl (C=O) groups is 2. The highest BCUT2D eigenvalue weighted by molar-refractivity contribution is 5.91. The molecule has 43 heavy (non-hydrogen) atoms. The fourth-order valence-electron chi connectivity index (χ4n) is 7.35. The summed E-state index contributed by atoms with van der Waals surface area (Å²) in [6.07, 6.45) is 18.4. The van der Waals surface area contributed by atoms with Crippen LogP contribution in [-0.4, -0.2) is 73.1 Å². The van der Waals surface area contributed by atoms with Gasteiger partial charge >= 0.3 is 11.9 Å². The van der Waals surface area contributed by atoms with E-state index in [1.807, 2.05) is 12.4 Å². The van der Waals surface area contributed by atoms with Crippen LogP contribution in [0.5, 0.6) is 0 Å².